The van der Waals surface area contributed by atoms with Crippen LogP contribution in [0.5, 0.6) is 11.5 Å². The van der Waals surface area contributed by atoms with E-state index in [2.05, 4.69) is 11.1 Å². The molecule has 1 fully saturated rings. The number of hydrogen-bond donors (Lipinski definition) is 0. The molecule has 1 aliphatic rings. The molecule has 0 bridgehead atoms. The van der Waals surface area contributed by atoms with Gasteiger partial charge in [-0.3, -0.25) is 4.98 Å². The van der Waals surface area contributed by atoms with E-state index < -0.39 is 6.29 Å². The van der Waals surface area contributed by atoms with Crippen molar-refractivity contribution in [1.82, 2.24) is 4.98 Å². The van der Waals surface area contributed by atoms with E-state index in [0.29, 0.717) is 46.5 Å². The Morgan fingerprint density at radius 3 is 2.54 bits per heavy atom. The van der Waals surface area contributed by atoms with Crippen LogP contribution < -0.4 is 14.7 Å². The summed E-state index contributed by atoms with van der Waals surface area (Å²) in [5.41, 5.74) is 1.35. The molecule has 0 spiro atoms. The van der Waals surface area contributed by atoms with Crippen molar-refractivity contribution in [3.05, 3.63) is 23.9 Å². The smallest absolute Gasteiger partial charge is 0.216 e. The number of ether oxygens (including phenoxy) is 2. The number of nitrogens with zero attached hydrogens (tertiary/aromatic N) is 4. The average Bonchev–Trinajstić information content (AvgIpc) is 2.58. The van der Waals surface area contributed by atoms with E-state index >= 15 is 0 Å². The first-order valence-corrected chi connectivity index (χ1v) is 7.17. The molecule has 8 heteroatoms. The molecule has 1 aromatic carbocycles. The third-order valence-electron chi connectivity index (χ3n) is 3.57. The number of nitriles is 2. The monoisotopic (exact) mass is 326 g/mol. The van der Waals surface area contributed by atoms with Gasteiger partial charge in [0.2, 0.25) is 6.29 Å². The summed E-state index contributed by atoms with van der Waals surface area (Å²) in [6.07, 6.45) is 1.72. The fourth-order valence-electron chi connectivity index (χ4n) is 2.40. The maximum atomic E-state index is 9.35. The molecule has 0 atom stereocenters. The van der Waals surface area contributed by atoms with Gasteiger partial charge in [0.05, 0.1) is 31.4 Å². The minimum atomic E-state index is -0.500. The molecule has 0 radical (unpaired) electrons. The normalized spacial score (nSPS) is 13.9. The van der Waals surface area contributed by atoms with Crippen molar-refractivity contribution in [3.8, 4) is 23.6 Å². The number of fused-ring (bicyclic) bond motifs is 1. The maximum absolute atomic E-state index is 9.35. The van der Waals surface area contributed by atoms with Gasteiger partial charge in [-0.05, 0) is 6.07 Å². The van der Waals surface area contributed by atoms with Crippen LogP contribution in [-0.4, -0.2) is 25.5 Å². The maximum Gasteiger partial charge on any atom is 0.216 e. The van der Waals surface area contributed by atoms with Crippen molar-refractivity contribution < 1.29 is 19.1 Å². The molecule has 0 saturated carbocycles. The number of anilines is 1. The molecule has 2 heterocycles. The predicted molar refractivity (Wildman–Crippen MR) is 82.8 cm³/mol. The molecule has 1 aromatic heterocycles. The van der Waals surface area contributed by atoms with Gasteiger partial charge in [-0.2, -0.15) is 10.5 Å². The van der Waals surface area contributed by atoms with Gasteiger partial charge in [-0.1, -0.05) is 0 Å². The third-order valence-corrected chi connectivity index (χ3v) is 3.57. The zero-order valence-corrected chi connectivity index (χ0v) is 13.1. The van der Waals surface area contributed by atoms with Gasteiger partial charge in [0, 0.05) is 30.5 Å². The molecule has 0 amide bonds. The summed E-state index contributed by atoms with van der Waals surface area (Å²) in [7, 11) is 3.06. The van der Waals surface area contributed by atoms with E-state index in [0.717, 1.165) is 0 Å². The van der Waals surface area contributed by atoms with Crippen LogP contribution in [0.2, 0.25) is 0 Å². The zero-order valence-electron chi connectivity index (χ0n) is 13.1. The Balaban J connectivity index is 2.02. The van der Waals surface area contributed by atoms with Crippen LogP contribution in [0.1, 0.15) is 18.4 Å². The molecule has 8 nitrogen and oxygen atoms in total. The van der Waals surface area contributed by atoms with Crippen molar-refractivity contribution in [1.29, 1.82) is 10.5 Å². The average molecular weight is 326 g/mol. The lowest BCUT2D eigenvalue weighted by Gasteiger charge is -2.38. The molecule has 1 saturated heterocycles. The number of hydrogen-bond acceptors (Lipinski definition) is 8. The van der Waals surface area contributed by atoms with Crippen molar-refractivity contribution in [2.45, 2.75) is 19.1 Å². The first-order chi connectivity index (χ1) is 11.7. The first kappa shape index (κ1) is 15.8. The van der Waals surface area contributed by atoms with Gasteiger partial charge in [0.25, 0.3) is 0 Å². The number of benzene rings is 1. The Morgan fingerprint density at radius 2 is 1.92 bits per heavy atom. The predicted octanol–water partition coefficient (Wildman–Crippen LogP) is 2.44. The van der Waals surface area contributed by atoms with E-state index in [1.807, 2.05) is 6.07 Å². The fraction of sp³-hybridized carbons (Fsp3) is 0.312. The molecule has 2 aromatic rings. The Morgan fingerprint density at radius 1 is 1.21 bits per heavy atom. The summed E-state index contributed by atoms with van der Waals surface area (Å²) in [6.45, 7) is 0. The number of methoxy groups -OCH3 is 2. The zero-order chi connectivity index (χ0) is 17.1. The lowest BCUT2D eigenvalue weighted by molar-refractivity contribution is -0.347. The molecular weight excluding hydrogens is 312 g/mol. The van der Waals surface area contributed by atoms with E-state index in [1.165, 1.54) is 25.6 Å². The summed E-state index contributed by atoms with van der Waals surface area (Å²) in [6, 6.07) is 7.53. The Labute approximate surface area is 138 Å². The standard InChI is InChI=1S/C16H14N4O4/c1-21-13-6-11-12(7-14(13)22-2)19-9-10(8-18)16(11)20-23-15(24-20)4-3-5-17/h6-7,9,15H,3-4H2,1-2H3. The minimum Gasteiger partial charge on any atom is -0.493 e. The fourth-order valence-corrected chi connectivity index (χ4v) is 2.40. The summed E-state index contributed by atoms with van der Waals surface area (Å²) in [5, 5.41) is 19.8. The van der Waals surface area contributed by atoms with Crippen molar-refractivity contribution >= 4 is 16.6 Å². The highest BCUT2D eigenvalue weighted by Gasteiger charge is 2.33. The topological polar surface area (TPSA) is 101 Å². The summed E-state index contributed by atoms with van der Waals surface area (Å²) in [5.74, 6) is 1.04. The molecular formula is C16H14N4O4. The lowest BCUT2D eigenvalue weighted by atomic mass is 10.1. The number of aromatic nitrogens is 1. The van der Waals surface area contributed by atoms with E-state index in [-0.39, 0.29) is 0 Å². The van der Waals surface area contributed by atoms with Gasteiger partial charge < -0.3 is 9.47 Å². The quantitative estimate of drug-likeness (QED) is 0.825. The highest BCUT2D eigenvalue weighted by molar-refractivity contribution is 5.95. The number of rotatable bonds is 5. The van der Waals surface area contributed by atoms with Gasteiger partial charge in [-0.15, -0.1) is 5.23 Å². The number of pyridine rings is 1. The molecule has 122 valence electrons. The van der Waals surface area contributed by atoms with E-state index in [4.69, 9.17) is 24.4 Å². The van der Waals surface area contributed by atoms with Gasteiger partial charge in [0.1, 0.15) is 11.8 Å². The van der Waals surface area contributed by atoms with Crippen LogP contribution >= 0.6 is 0 Å². The SMILES string of the molecule is COc1cc2ncc(C#N)c(N3OC(CCC#N)O3)c2cc1OC. The summed E-state index contributed by atoms with van der Waals surface area (Å²) < 4.78 is 10.6. The highest BCUT2D eigenvalue weighted by atomic mass is 17.1. The Bertz CT molecular complexity index is 850. The molecule has 3 rings (SSSR count). The second-order valence-corrected chi connectivity index (χ2v) is 4.95. The van der Waals surface area contributed by atoms with Crippen LogP contribution in [0.4, 0.5) is 5.69 Å². The van der Waals surface area contributed by atoms with Crippen LogP contribution in [-0.2, 0) is 9.68 Å². The molecule has 24 heavy (non-hydrogen) atoms. The summed E-state index contributed by atoms with van der Waals surface area (Å²) in [4.78, 5) is 15.3. The minimum absolute atomic E-state index is 0.299. The molecule has 1 aliphatic heterocycles. The van der Waals surface area contributed by atoms with Crippen molar-refractivity contribution in [2.24, 2.45) is 0 Å². The Hall–Kier alpha value is -3.07. The van der Waals surface area contributed by atoms with E-state index in [9.17, 15) is 5.26 Å². The van der Waals surface area contributed by atoms with Crippen LogP contribution in [0.3, 0.4) is 0 Å². The molecule has 0 N–H and O–H groups in total. The highest BCUT2D eigenvalue weighted by Crippen LogP contribution is 2.40. The van der Waals surface area contributed by atoms with Crippen molar-refractivity contribution in [2.75, 3.05) is 19.4 Å². The second-order valence-electron chi connectivity index (χ2n) is 4.95. The van der Waals surface area contributed by atoms with Crippen LogP contribution in [0.25, 0.3) is 10.9 Å². The van der Waals surface area contributed by atoms with Crippen LogP contribution in [0, 0.1) is 22.7 Å². The molecule has 0 unspecified atom stereocenters. The van der Waals surface area contributed by atoms with Crippen molar-refractivity contribution in [3.63, 3.8) is 0 Å². The van der Waals surface area contributed by atoms with Crippen LogP contribution in [0.15, 0.2) is 18.3 Å². The first-order valence-electron chi connectivity index (χ1n) is 7.17. The molecule has 0 aliphatic carbocycles. The van der Waals surface area contributed by atoms with Gasteiger partial charge >= 0.3 is 0 Å². The lowest BCUT2D eigenvalue weighted by Crippen LogP contribution is -2.46. The Kier molecular flexibility index (Phi) is 4.34. The van der Waals surface area contributed by atoms with E-state index in [1.54, 1.807) is 12.1 Å². The summed E-state index contributed by atoms with van der Waals surface area (Å²) >= 11 is 0. The van der Waals surface area contributed by atoms with Gasteiger partial charge in [0.15, 0.2) is 11.5 Å². The van der Waals surface area contributed by atoms with Gasteiger partial charge in [-0.25, -0.2) is 9.68 Å². The largest absolute Gasteiger partial charge is 0.493 e. The second kappa shape index (κ2) is 6.59. The third kappa shape index (κ3) is 2.65.